The SMILES string of the molecule is CCCCCCCCCCCCCCCCCOCOCC(COP(=O)([O-])OCCN(C)CC)OCOC1CN1C(=O)Cc1ccccc1Nc1c(Cl)cccc1Cl. The van der Waals surface area contributed by atoms with Gasteiger partial charge in [0.25, 0.3) is 7.82 Å². The summed E-state index contributed by atoms with van der Waals surface area (Å²) in [6, 6.07) is 12.7. The Morgan fingerprint density at radius 3 is 2.09 bits per heavy atom. The molecule has 1 N–H and O–H groups in total. The number of phosphoric ester groups is 1. The van der Waals surface area contributed by atoms with Gasteiger partial charge in [-0.25, -0.2) is 0 Å². The van der Waals surface area contributed by atoms with Crippen molar-refractivity contribution in [3.05, 3.63) is 58.1 Å². The van der Waals surface area contributed by atoms with E-state index in [0.717, 1.165) is 24.9 Å². The van der Waals surface area contributed by atoms with Gasteiger partial charge in [0.1, 0.15) is 19.7 Å². The van der Waals surface area contributed by atoms with Crippen molar-refractivity contribution in [1.82, 2.24) is 9.80 Å². The van der Waals surface area contributed by atoms with Crippen molar-refractivity contribution in [2.24, 2.45) is 0 Å². The Balaban J connectivity index is 1.33. The summed E-state index contributed by atoms with van der Waals surface area (Å²) < 4.78 is 45.5. The number of likely N-dealkylation sites (N-methyl/N-ethyl adjacent to an activating group) is 1. The van der Waals surface area contributed by atoms with Gasteiger partial charge in [0.2, 0.25) is 5.91 Å². The van der Waals surface area contributed by atoms with E-state index in [2.05, 4.69) is 12.2 Å². The van der Waals surface area contributed by atoms with E-state index in [4.69, 9.17) is 51.2 Å². The molecule has 0 radical (unpaired) electrons. The number of ether oxygens (including phenoxy) is 4. The summed E-state index contributed by atoms with van der Waals surface area (Å²) in [7, 11) is -2.71. The molecule has 1 amide bonds. The van der Waals surface area contributed by atoms with E-state index in [-0.39, 0.29) is 45.7 Å². The lowest BCUT2D eigenvalue weighted by Crippen LogP contribution is -2.29. The van der Waals surface area contributed by atoms with E-state index in [9.17, 15) is 14.3 Å². The average Bonchev–Trinajstić information content (AvgIpc) is 3.99. The second-order valence-electron chi connectivity index (χ2n) is 14.9. The number of amides is 1. The fourth-order valence-electron chi connectivity index (χ4n) is 6.25. The van der Waals surface area contributed by atoms with Crippen LogP contribution in [0.25, 0.3) is 0 Å². The van der Waals surface area contributed by atoms with Crippen LogP contribution in [0.5, 0.6) is 0 Å². The lowest BCUT2D eigenvalue weighted by molar-refractivity contribution is -0.230. The second-order valence-corrected chi connectivity index (χ2v) is 17.2. The predicted octanol–water partition coefficient (Wildman–Crippen LogP) is 10.1. The van der Waals surface area contributed by atoms with Crippen LogP contribution in [-0.2, 0) is 43.8 Å². The number of unbranched alkanes of at least 4 members (excludes halogenated alkanes) is 14. The van der Waals surface area contributed by atoms with E-state index in [0.29, 0.717) is 41.1 Å². The van der Waals surface area contributed by atoms with E-state index >= 15 is 0 Å². The minimum atomic E-state index is -4.58. The van der Waals surface area contributed by atoms with Crippen LogP contribution < -0.4 is 10.2 Å². The summed E-state index contributed by atoms with van der Waals surface area (Å²) in [6.07, 6.45) is 18.4. The fourth-order valence-corrected chi connectivity index (χ4v) is 7.47. The van der Waals surface area contributed by atoms with Crippen molar-refractivity contribution in [1.29, 1.82) is 0 Å². The number of phosphoric acid groups is 1. The van der Waals surface area contributed by atoms with E-state index in [1.165, 1.54) is 83.5 Å². The molecule has 1 fully saturated rings. The Morgan fingerprint density at radius 2 is 1.45 bits per heavy atom. The first-order valence-corrected chi connectivity index (χ1v) is 23.6. The van der Waals surface area contributed by atoms with Gasteiger partial charge in [0, 0.05) is 18.8 Å². The molecular weight excluding hydrogens is 804 g/mol. The van der Waals surface area contributed by atoms with Gasteiger partial charge in [0.15, 0.2) is 6.23 Å². The van der Waals surface area contributed by atoms with Crippen LogP contribution in [0, 0.1) is 0 Å². The maximum Gasteiger partial charge on any atom is 0.268 e. The number of carbonyl (C=O) groups is 1. The van der Waals surface area contributed by atoms with Gasteiger partial charge >= 0.3 is 0 Å². The first kappa shape index (κ1) is 50.6. The van der Waals surface area contributed by atoms with Crippen molar-refractivity contribution >= 4 is 48.3 Å². The molecule has 1 aliphatic rings. The van der Waals surface area contributed by atoms with Crippen LogP contribution in [-0.4, -0.2) is 94.7 Å². The fraction of sp³-hybridized carbons (Fsp3) is 0.698. The molecule has 1 heterocycles. The highest BCUT2D eigenvalue weighted by Crippen LogP contribution is 2.38. The lowest BCUT2D eigenvalue weighted by Gasteiger charge is -2.26. The van der Waals surface area contributed by atoms with Crippen molar-refractivity contribution in [2.45, 2.75) is 129 Å². The van der Waals surface area contributed by atoms with Crippen molar-refractivity contribution in [3.63, 3.8) is 0 Å². The summed E-state index contributed by atoms with van der Waals surface area (Å²) in [4.78, 5) is 29.1. The van der Waals surface area contributed by atoms with E-state index in [1.807, 2.05) is 43.1 Å². The number of carbonyl (C=O) groups excluding carboxylic acids is 1. The predicted molar refractivity (Wildman–Crippen MR) is 231 cm³/mol. The molecule has 0 bridgehead atoms. The van der Waals surface area contributed by atoms with E-state index in [1.54, 1.807) is 23.1 Å². The first-order chi connectivity index (χ1) is 28.1. The summed E-state index contributed by atoms with van der Waals surface area (Å²) >= 11 is 12.7. The number of para-hydroxylation sites is 2. The lowest BCUT2D eigenvalue weighted by atomic mass is 10.0. The number of nitrogens with one attached hydrogen (secondary N) is 1. The largest absolute Gasteiger partial charge is 0.756 e. The second kappa shape index (κ2) is 30.3. The van der Waals surface area contributed by atoms with Gasteiger partial charge in [-0.05, 0) is 43.8 Å². The third-order valence-electron chi connectivity index (χ3n) is 10.1. The van der Waals surface area contributed by atoms with Crippen LogP contribution in [0.2, 0.25) is 10.0 Å². The molecule has 330 valence electrons. The topological polar surface area (TPSA) is 131 Å². The molecule has 1 saturated heterocycles. The molecule has 12 nitrogen and oxygen atoms in total. The summed E-state index contributed by atoms with van der Waals surface area (Å²) in [5.74, 6) is -0.128. The molecule has 15 heteroatoms. The number of benzene rings is 2. The van der Waals surface area contributed by atoms with Crippen LogP contribution >= 0.6 is 31.0 Å². The van der Waals surface area contributed by atoms with Gasteiger partial charge in [-0.15, -0.1) is 0 Å². The number of rotatable bonds is 36. The van der Waals surface area contributed by atoms with Crippen molar-refractivity contribution in [2.75, 3.05) is 72.0 Å². The average molecular weight is 874 g/mol. The monoisotopic (exact) mass is 872 g/mol. The highest BCUT2D eigenvalue weighted by Gasteiger charge is 2.39. The maximum atomic E-state index is 13.2. The van der Waals surface area contributed by atoms with E-state index < -0.39 is 20.2 Å². The molecule has 3 atom stereocenters. The van der Waals surface area contributed by atoms with Crippen LogP contribution in [0.3, 0.4) is 0 Å². The molecule has 3 rings (SSSR count). The Labute approximate surface area is 358 Å². The molecule has 58 heavy (non-hydrogen) atoms. The normalized spacial score (nSPS) is 15.5. The van der Waals surface area contributed by atoms with Gasteiger partial charge < -0.3 is 48.0 Å². The molecular formula is C43H69Cl2N3O9P-. The molecule has 0 aromatic heterocycles. The minimum absolute atomic E-state index is 0.00727. The van der Waals surface area contributed by atoms with Crippen molar-refractivity contribution in [3.8, 4) is 0 Å². The van der Waals surface area contributed by atoms with Crippen LogP contribution in [0.15, 0.2) is 42.5 Å². The highest BCUT2D eigenvalue weighted by molar-refractivity contribution is 7.45. The zero-order valence-corrected chi connectivity index (χ0v) is 37.6. The quantitative estimate of drug-likeness (QED) is 0.0304. The number of hydrogen-bond donors (Lipinski definition) is 1. The molecule has 0 aliphatic carbocycles. The Morgan fingerprint density at radius 1 is 0.828 bits per heavy atom. The molecule has 0 saturated carbocycles. The highest BCUT2D eigenvalue weighted by atomic mass is 35.5. The van der Waals surface area contributed by atoms with Gasteiger partial charge in [0.05, 0.1) is 48.5 Å². The zero-order chi connectivity index (χ0) is 41.9. The third-order valence-corrected chi connectivity index (χ3v) is 11.7. The summed E-state index contributed by atoms with van der Waals surface area (Å²) in [5.41, 5.74) is 2.05. The van der Waals surface area contributed by atoms with Gasteiger partial charge in [-0.2, -0.15) is 0 Å². The smallest absolute Gasteiger partial charge is 0.268 e. The Hall–Kier alpha value is -1.80. The molecule has 1 aliphatic heterocycles. The van der Waals surface area contributed by atoms with Crippen LogP contribution in [0.4, 0.5) is 11.4 Å². The van der Waals surface area contributed by atoms with Gasteiger partial charge in [-0.1, -0.05) is 151 Å². The molecule has 2 aromatic carbocycles. The molecule has 0 spiro atoms. The Kier molecular flexibility index (Phi) is 26.4. The number of nitrogens with zero attached hydrogens (tertiary/aromatic N) is 2. The summed E-state index contributed by atoms with van der Waals surface area (Å²) in [5, 5.41) is 4.19. The maximum absolute atomic E-state index is 13.2. The molecule has 3 unspecified atom stereocenters. The minimum Gasteiger partial charge on any atom is -0.756 e. The van der Waals surface area contributed by atoms with Gasteiger partial charge in [-0.3, -0.25) is 9.36 Å². The number of anilines is 2. The Bertz CT molecular complexity index is 1440. The standard InChI is InChI=1S/C43H70Cl2N3O9P/c1-4-6-7-8-9-10-11-12-13-14-15-16-17-18-21-28-52-34-53-32-37(33-57-58(50,51)56-29-27-47(3)5-2)54-35-55-42-31-48(42)41(49)30-36-23-19-20-26-40(36)46-43-38(44)24-22-25-39(43)45/h19-20,22-26,37,42,46H,4-18,21,27-35H2,1-3H3,(H,50,51)/p-1. The van der Waals surface area contributed by atoms with Crippen molar-refractivity contribution < 1.29 is 42.2 Å². The zero-order valence-electron chi connectivity index (χ0n) is 35.1. The summed E-state index contributed by atoms with van der Waals surface area (Å²) in [6.45, 7) is 5.89. The number of hydrogen-bond acceptors (Lipinski definition) is 11. The third kappa shape index (κ3) is 22.2. The number of halogens is 2. The van der Waals surface area contributed by atoms with Crippen LogP contribution in [0.1, 0.15) is 116 Å². The first-order valence-electron chi connectivity index (χ1n) is 21.4. The molecule has 2 aromatic rings.